The maximum Gasteiger partial charge on any atom is 0.342 e. The highest BCUT2D eigenvalue weighted by Crippen LogP contribution is 2.46. The Labute approximate surface area is 180 Å². The lowest BCUT2D eigenvalue weighted by molar-refractivity contribution is -0.136. The number of carbonyl (C=O) groups excluding carboxylic acids is 1. The molecule has 0 bridgehead atoms. The van der Waals surface area contributed by atoms with Gasteiger partial charge in [-0.2, -0.15) is 0 Å². The number of esters is 1. The molecule has 2 rings (SSSR count). The zero-order chi connectivity index (χ0) is 22.9. The van der Waals surface area contributed by atoms with Crippen molar-refractivity contribution < 1.29 is 28.6 Å². The zero-order valence-electron chi connectivity index (χ0n) is 19.4. The number of fused-ring (bicyclic) bond motifs is 1. The number of benzene rings is 1. The number of aliphatic carboxylic acids is 1. The Balaban J connectivity index is 2.62. The minimum Gasteiger partial charge on any atom is -0.543 e. The van der Waals surface area contributed by atoms with Crippen LogP contribution in [0.3, 0.4) is 0 Å². The molecular formula is C23H34O6Si. The van der Waals surface area contributed by atoms with Gasteiger partial charge < -0.3 is 19.0 Å². The van der Waals surface area contributed by atoms with Crippen molar-refractivity contribution in [2.45, 2.75) is 78.6 Å². The summed E-state index contributed by atoms with van der Waals surface area (Å²) in [4.78, 5) is 23.5. The number of carboxylic acid groups (broad SMARTS) is 1. The lowest BCUT2D eigenvalue weighted by atomic mass is 9.94. The molecular weight excluding hydrogens is 400 g/mol. The second kappa shape index (κ2) is 8.84. The number of ether oxygens (including phenoxy) is 2. The van der Waals surface area contributed by atoms with Crippen molar-refractivity contribution >= 4 is 20.3 Å². The molecule has 0 fully saturated rings. The normalized spacial score (nSPS) is 14.4. The second-order valence-electron chi connectivity index (χ2n) is 9.41. The molecule has 1 aromatic carbocycles. The van der Waals surface area contributed by atoms with E-state index in [1.54, 1.807) is 7.11 Å². The van der Waals surface area contributed by atoms with E-state index in [0.29, 0.717) is 29.9 Å². The monoisotopic (exact) mass is 434 g/mol. The number of carbonyl (C=O) groups is 2. The summed E-state index contributed by atoms with van der Waals surface area (Å²) in [6.07, 6.45) is 3.04. The summed E-state index contributed by atoms with van der Waals surface area (Å²) in [5.74, 6) is 0.0718. The third kappa shape index (κ3) is 4.88. The number of hydrogen-bond acceptors (Lipinski definition) is 5. The topological polar surface area (TPSA) is 82.1 Å². The third-order valence-corrected chi connectivity index (χ3v) is 10.5. The van der Waals surface area contributed by atoms with Crippen LogP contribution in [0.2, 0.25) is 18.1 Å². The van der Waals surface area contributed by atoms with Crippen LogP contribution in [0.15, 0.2) is 11.6 Å². The highest BCUT2D eigenvalue weighted by Gasteiger charge is 2.42. The molecule has 6 nitrogen and oxygen atoms in total. The van der Waals surface area contributed by atoms with Crippen LogP contribution in [0.1, 0.15) is 67.6 Å². The minimum absolute atomic E-state index is 0.0506. The molecule has 1 aliphatic heterocycles. The minimum atomic E-state index is -2.25. The van der Waals surface area contributed by atoms with Crippen molar-refractivity contribution in [1.82, 2.24) is 0 Å². The number of carboxylic acids is 1. The molecule has 30 heavy (non-hydrogen) atoms. The summed E-state index contributed by atoms with van der Waals surface area (Å²) in [6, 6.07) is 0. The molecule has 0 radical (unpaired) electrons. The Hall–Kier alpha value is -2.28. The van der Waals surface area contributed by atoms with Crippen molar-refractivity contribution in [3.05, 3.63) is 33.9 Å². The summed E-state index contributed by atoms with van der Waals surface area (Å²) in [5.41, 5.74) is 3.99. The average molecular weight is 435 g/mol. The number of hydrogen-bond donors (Lipinski definition) is 1. The van der Waals surface area contributed by atoms with Gasteiger partial charge in [0.15, 0.2) is 0 Å². The third-order valence-electron chi connectivity index (χ3n) is 6.18. The van der Waals surface area contributed by atoms with E-state index < -0.39 is 14.3 Å². The second-order valence-corrected chi connectivity index (χ2v) is 14.1. The van der Waals surface area contributed by atoms with Crippen LogP contribution in [0, 0.1) is 6.92 Å². The van der Waals surface area contributed by atoms with Gasteiger partial charge in [-0.3, -0.25) is 4.79 Å². The first-order chi connectivity index (χ1) is 13.8. The summed E-state index contributed by atoms with van der Waals surface area (Å²) in [5, 5.41) is 8.88. The summed E-state index contributed by atoms with van der Waals surface area (Å²) >= 11 is 0. The number of methoxy groups -OCH3 is 1. The first-order valence-electron chi connectivity index (χ1n) is 10.3. The van der Waals surface area contributed by atoms with E-state index in [1.165, 1.54) is 0 Å². The molecule has 166 valence electrons. The van der Waals surface area contributed by atoms with Crippen LogP contribution in [-0.2, 0) is 22.6 Å². The molecule has 0 amide bonds. The van der Waals surface area contributed by atoms with Crippen LogP contribution in [0.4, 0.5) is 0 Å². The number of allylic oxidation sites excluding steroid dienone is 2. The number of cyclic esters (lactones) is 1. The van der Waals surface area contributed by atoms with Crippen LogP contribution < -0.4 is 9.16 Å². The van der Waals surface area contributed by atoms with E-state index in [4.69, 9.17) is 19.0 Å². The molecule has 0 atom stereocenters. The smallest absolute Gasteiger partial charge is 0.342 e. The maximum absolute atomic E-state index is 12.6. The lowest BCUT2D eigenvalue weighted by Gasteiger charge is -2.37. The Kier molecular flexibility index (Phi) is 7.07. The molecule has 0 aromatic heterocycles. The Morgan fingerprint density at radius 2 is 1.87 bits per heavy atom. The predicted octanol–water partition coefficient (Wildman–Crippen LogP) is 5.41. The van der Waals surface area contributed by atoms with E-state index in [9.17, 15) is 9.59 Å². The first-order valence-corrected chi connectivity index (χ1v) is 13.2. The van der Waals surface area contributed by atoms with Gasteiger partial charge >= 0.3 is 11.9 Å². The summed E-state index contributed by atoms with van der Waals surface area (Å²) < 4.78 is 17.8. The highest BCUT2D eigenvalue weighted by molar-refractivity contribution is 6.74. The SMILES string of the molecule is COc1c(C)c2c(c(O[Si](C)(C)C(C)(C)C)c1CC=C(C)CCC(=O)O)C(=O)OC2. The highest BCUT2D eigenvalue weighted by atomic mass is 28.4. The molecule has 1 aromatic rings. The van der Waals surface area contributed by atoms with Crippen molar-refractivity contribution in [3.8, 4) is 11.5 Å². The fourth-order valence-electron chi connectivity index (χ4n) is 3.21. The Bertz CT molecular complexity index is 877. The van der Waals surface area contributed by atoms with E-state index >= 15 is 0 Å². The molecule has 1 heterocycles. The average Bonchev–Trinajstić information content (AvgIpc) is 3.01. The van der Waals surface area contributed by atoms with Gasteiger partial charge in [0, 0.05) is 17.5 Å². The van der Waals surface area contributed by atoms with Crippen molar-refractivity contribution in [2.24, 2.45) is 0 Å². The molecule has 1 N–H and O–H groups in total. The van der Waals surface area contributed by atoms with E-state index in [0.717, 1.165) is 22.3 Å². The van der Waals surface area contributed by atoms with E-state index in [-0.39, 0.29) is 24.0 Å². The molecule has 7 heteroatoms. The summed E-state index contributed by atoms with van der Waals surface area (Å²) in [6.45, 7) is 14.8. The van der Waals surface area contributed by atoms with Gasteiger partial charge in [0.25, 0.3) is 8.32 Å². The number of rotatable bonds is 8. The lowest BCUT2D eigenvalue weighted by Crippen LogP contribution is -2.44. The maximum atomic E-state index is 12.6. The fourth-order valence-corrected chi connectivity index (χ4v) is 4.25. The fraction of sp³-hybridized carbons (Fsp3) is 0.565. The summed E-state index contributed by atoms with van der Waals surface area (Å²) in [7, 11) is -0.633. The first kappa shape index (κ1) is 24.0. The van der Waals surface area contributed by atoms with Crippen LogP contribution in [0.25, 0.3) is 0 Å². The molecule has 0 saturated carbocycles. The van der Waals surface area contributed by atoms with Gasteiger partial charge in [0.1, 0.15) is 23.7 Å². The van der Waals surface area contributed by atoms with Gasteiger partial charge in [0.05, 0.1) is 7.11 Å². The van der Waals surface area contributed by atoms with Gasteiger partial charge in [-0.05, 0) is 50.4 Å². The van der Waals surface area contributed by atoms with Crippen LogP contribution in [0.5, 0.6) is 11.5 Å². The quantitative estimate of drug-likeness (QED) is 0.335. The van der Waals surface area contributed by atoms with Gasteiger partial charge in [-0.15, -0.1) is 0 Å². The van der Waals surface area contributed by atoms with E-state index in [1.807, 2.05) is 19.9 Å². The van der Waals surface area contributed by atoms with Crippen molar-refractivity contribution in [1.29, 1.82) is 0 Å². The predicted molar refractivity (Wildman–Crippen MR) is 119 cm³/mol. The van der Waals surface area contributed by atoms with Gasteiger partial charge in [0.2, 0.25) is 0 Å². The van der Waals surface area contributed by atoms with Crippen LogP contribution in [-0.4, -0.2) is 32.5 Å². The molecule has 0 aliphatic carbocycles. The standard InChI is InChI=1S/C23H34O6Si/c1-14(10-12-18(24)25)9-11-16-20(27-6)15(2)17-13-28-22(26)19(17)21(16)29-30(7,8)23(3,4)5/h9H,10-13H2,1-8H3,(H,24,25). The van der Waals surface area contributed by atoms with Gasteiger partial charge in [-0.25, -0.2) is 4.79 Å². The Morgan fingerprint density at radius 3 is 2.40 bits per heavy atom. The van der Waals surface area contributed by atoms with E-state index in [2.05, 4.69) is 33.9 Å². The largest absolute Gasteiger partial charge is 0.543 e. The molecule has 1 aliphatic rings. The zero-order valence-corrected chi connectivity index (χ0v) is 20.4. The van der Waals surface area contributed by atoms with Crippen molar-refractivity contribution in [2.75, 3.05) is 7.11 Å². The van der Waals surface area contributed by atoms with Crippen molar-refractivity contribution in [3.63, 3.8) is 0 Å². The molecule has 0 spiro atoms. The Morgan fingerprint density at radius 1 is 1.23 bits per heavy atom. The molecule has 0 saturated heterocycles. The van der Waals surface area contributed by atoms with Crippen LogP contribution >= 0.6 is 0 Å². The van der Waals surface area contributed by atoms with Gasteiger partial charge in [-0.1, -0.05) is 32.4 Å². The molecule has 0 unspecified atom stereocenters.